The number of rotatable bonds is 6. The van der Waals surface area contributed by atoms with Crippen molar-refractivity contribution in [1.29, 1.82) is 0 Å². The summed E-state index contributed by atoms with van der Waals surface area (Å²) < 4.78 is 5.41. The average Bonchev–Trinajstić information content (AvgIpc) is 3.05. The van der Waals surface area contributed by atoms with Gasteiger partial charge in [0.25, 0.3) is 0 Å². The van der Waals surface area contributed by atoms with Crippen LogP contribution in [-0.2, 0) is 6.54 Å². The molecule has 0 radical (unpaired) electrons. The van der Waals surface area contributed by atoms with Gasteiger partial charge in [0, 0.05) is 13.1 Å². The summed E-state index contributed by atoms with van der Waals surface area (Å²) >= 11 is 0. The molecule has 0 spiro atoms. The first kappa shape index (κ1) is 15.0. The summed E-state index contributed by atoms with van der Waals surface area (Å²) in [6.07, 6.45) is 3.36. The van der Waals surface area contributed by atoms with E-state index in [2.05, 4.69) is 32.1 Å². The molecule has 0 amide bonds. The highest BCUT2D eigenvalue weighted by Gasteiger charge is 2.09. The van der Waals surface area contributed by atoms with Crippen LogP contribution in [0.2, 0.25) is 0 Å². The molecular weight excluding hydrogens is 290 g/mol. The summed E-state index contributed by atoms with van der Waals surface area (Å²) in [6, 6.07) is 12.0. The standard InChI is InChI=1S/C17H19N5O/c1-3-23-17-9-16(19-12-20-17)22(2)11-15-18-10-14(21-15)13-7-5-4-6-8-13/h4-10,12H,3,11H2,1-2H3,(H,18,21). The lowest BCUT2D eigenvalue weighted by atomic mass is 10.2. The van der Waals surface area contributed by atoms with Gasteiger partial charge < -0.3 is 14.6 Å². The van der Waals surface area contributed by atoms with Crippen molar-refractivity contribution in [3.05, 3.63) is 54.7 Å². The zero-order valence-corrected chi connectivity index (χ0v) is 13.2. The third-order valence-corrected chi connectivity index (χ3v) is 3.41. The van der Waals surface area contributed by atoms with Crippen molar-refractivity contribution in [2.45, 2.75) is 13.5 Å². The van der Waals surface area contributed by atoms with Crippen molar-refractivity contribution in [3.8, 4) is 17.1 Å². The molecule has 0 bridgehead atoms. The quantitative estimate of drug-likeness (QED) is 0.758. The van der Waals surface area contributed by atoms with Gasteiger partial charge in [-0.2, -0.15) is 0 Å². The molecule has 1 N–H and O–H groups in total. The number of hydrogen-bond acceptors (Lipinski definition) is 5. The lowest BCUT2D eigenvalue weighted by Gasteiger charge is -2.16. The fraction of sp³-hybridized carbons (Fsp3) is 0.235. The van der Waals surface area contributed by atoms with Crippen molar-refractivity contribution < 1.29 is 4.74 Å². The number of hydrogen-bond donors (Lipinski definition) is 1. The van der Waals surface area contributed by atoms with Gasteiger partial charge in [0.15, 0.2) is 0 Å². The van der Waals surface area contributed by atoms with E-state index < -0.39 is 0 Å². The van der Waals surface area contributed by atoms with Crippen LogP contribution < -0.4 is 9.64 Å². The number of ether oxygens (including phenoxy) is 1. The molecule has 2 heterocycles. The zero-order chi connectivity index (χ0) is 16.1. The van der Waals surface area contributed by atoms with Crippen LogP contribution in [0, 0.1) is 0 Å². The molecular formula is C17H19N5O. The third-order valence-electron chi connectivity index (χ3n) is 3.41. The molecule has 6 nitrogen and oxygen atoms in total. The van der Waals surface area contributed by atoms with Gasteiger partial charge in [0.05, 0.1) is 25.0 Å². The molecule has 23 heavy (non-hydrogen) atoms. The number of aromatic nitrogens is 4. The Balaban J connectivity index is 1.72. The van der Waals surface area contributed by atoms with Crippen molar-refractivity contribution in [2.75, 3.05) is 18.6 Å². The largest absolute Gasteiger partial charge is 0.478 e. The van der Waals surface area contributed by atoms with E-state index in [1.54, 1.807) is 0 Å². The van der Waals surface area contributed by atoms with E-state index in [1.165, 1.54) is 6.33 Å². The van der Waals surface area contributed by atoms with Gasteiger partial charge in [0.1, 0.15) is 18.0 Å². The van der Waals surface area contributed by atoms with E-state index >= 15 is 0 Å². The summed E-state index contributed by atoms with van der Waals surface area (Å²) in [5, 5.41) is 0. The van der Waals surface area contributed by atoms with Crippen LogP contribution in [0.5, 0.6) is 5.88 Å². The van der Waals surface area contributed by atoms with Crippen molar-refractivity contribution in [2.24, 2.45) is 0 Å². The van der Waals surface area contributed by atoms with Gasteiger partial charge >= 0.3 is 0 Å². The SMILES string of the molecule is CCOc1cc(N(C)Cc2ncc(-c3ccccc3)[nH]2)ncn1. The van der Waals surface area contributed by atoms with Crippen molar-refractivity contribution in [3.63, 3.8) is 0 Å². The fourth-order valence-electron chi connectivity index (χ4n) is 2.28. The second kappa shape index (κ2) is 6.91. The first-order chi connectivity index (χ1) is 11.3. The van der Waals surface area contributed by atoms with E-state index in [0.29, 0.717) is 19.0 Å². The van der Waals surface area contributed by atoms with E-state index in [0.717, 1.165) is 22.9 Å². The molecule has 0 saturated carbocycles. The second-order valence-electron chi connectivity index (χ2n) is 5.11. The summed E-state index contributed by atoms with van der Waals surface area (Å²) in [7, 11) is 1.96. The molecule has 0 aliphatic carbocycles. The molecule has 0 atom stereocenters. The smallest absolute Gasteiger partial charge is 0.218 e. The predicted molar refractivity (Wildman–Crippen MR) is 89.3 cm³/mol. The molecule has 3 rings (SSSR count). The average molecular weight is 309 g/mol. The molecule has 3 aromatic rings. The first-order valence-corrected chi connectivity index (χ1v) is 7.51. The highest BCUT2D eigenvalue weighted by Crippen LogP contribution is 2.19. The summed E-state index contributed by atoms with van der Waals surface area (Å²) in [6.45, 7) is 3.13. The molecule has 0 fully saturated rings. The molecule has 0 unspecified atom stereocenters. The Morgan fingerprint density at radius 1 is 1.13 bits per heavy atom. The summed E-state index contributed by atoms with van der Waals surface area (Å²) in [4.78, 5) is 18.1. The van der Waals surface area contributed by atoms with E-state index in [1.807, 2.05) is 49.3 Å². The van der Waals surface area contributed by atoms with Gasteiger partial charge in [-0.3, -0.25) is 0 Å². The van der Waals surface area contributed by atoms with Gasteiger partial charge in [-0.1, -0.05) is 30.3 Å². The highest BCUT2D eigenvalue weighted by atomic mass is 16.5. The maximum Gasteiger partial charge on any atom is 0.218 e. The molecule has 0 aliphatic heterocycles. The Labute approximate surface area is 135 Å². The van der Waals surface area contributed by atoms with Crippen LogP contribution >= 0.6 is 0 Å². The molecule has 0 saturated heterocycles. The van der Waals surface area contributed by atoms with E-state index in [9.17, 15) is 0 Å². The Morgan fingerprint density at radius 2 is 1.96 bits per heavy atom. The Kier molecular flexibility index (Phi) is 4.52. The first-order valence-electron chi connectivity index (χ1n) is 7.51. The lowest BCUT2D eigenvalue weighted by Crippen LogP contribution is -2.18. The van der Waals surface area contributed by atoms with E-state index in [-0.39, 0.29) is 0 Å². The van der Waals surface area contributed by atoms with Gasteiger partial charge in [-0.15, -0.1) is 0 Å². The van der Waals surface area contributed by atoms with Gasteiger partial charge in [0.2, 0.25) is 5.88 Å². The third kappa shape index (κ3) is 3.66. The van der Waals surface area contributed by atoms with Crippen LogP contribution in [0.4, 0.5) is 5.82 Å². The molecule has 2 aromatic heterocycles. The number of nitrogens with one attached hydrogen (secondary N) is 1. The highest BCUT2D eigenvalue weighted by molar-refractivity contribution is 5.58. The number of aromatic amines is 1. The summed E-state index contributed by atoms with van der Waals surface area (Å²) in [5.41, 5.74) is 2.13. The van der Waals surface area contributed by atoms with Crippen LogP contribution in [0.25, 0.3) is 11.3 Å². The number of imidazole rings is 1. The number of H-pyrrole nitrogens is 1. The fourth-order valence-corrected chi connectivity index (χ4v) is 2.28. The Hall–Kier alpha value is -2.89. The van der Waals surface area contributed by atoms with Crippen LogP contribution in [0.3, 0.4) is 0 Å². The Morgan fingerprint density at radius 3 is 2.74 bits per heavy atom. The van der Waals surface area contributed by atoms with Crippen molar-refractivity contribution >= 4 is 5.82 Å². The van der Waals surface area contributed by atoms with Crippen molar-refractivity contribution in [1.82, 2.24) is 19.9 Å². The maximum atomic E-state index is 5.41. The normalized spacial score (nSPS) is 10.5. The maximum absolute atomic E-state index is 5.41. The van der Waals surface area contributed by atoms with Crippen LogP contribution in [0.1, 0.15) is 12.7 Å². The van der Waals surface area contributed by atoms with E-state index in [4.69, 9.17) is 4.74 Å². The second-order valence-corrected chi connectivity index (χ2v) is 5.11. The van der Waals surface area contributed by atoms with Gasteiger partial charge in [-0.25, -0.2) is 15.0 Å². The predicted octanol–water partition coefficient (Wildman–Crippen LogP) is 2.90. The zero-order valence-electron chi connectivity index (χ0n) is 13.2. The monoisotopic (exact) mass is 309 g/mol. The number of anilines is 1. The number of benzene rings is 1. The van der Waals surface area contributed by atoms with Gasteiger partial charge in [-0.05, 0) is 12.5 Å². The molecule has 118 valence electrons. The molecule has 6 heteroatoms. The van der Waals surface area contributed by atoms with Crippen LogP contribution in [-0.4, -0.2) is 33.6 Å². The minimum atomic E-state index is 0.578. The van der Waals surface area contributed by atoms with Crippen LogP contribution in [0.15, 0.2) is 48.9 Å². The molecule has 1 aromatic carbocycles. The topological polar surface area (TPSA) is 66.9 Å². The molecule has 0 aliphatic rings. The minimum absolute atomic E-state index is 0.578. The summed E-state index contributed by atoms with van der Waals surface area (Å²) in [5.74, 6) is 2.25. The Bertz CT molecular complexity index is 756. The number of nitrogens with zero attached hydrogens (tertiary/aromatic N) is 4. The minimum Gasteiger partial charge on any atom is -0.478 e. The lowest BCUT2D eigenvalue weighted by molar-refractivity contribution is 0.326.